The molecule has 0 radical (unpaired) electrons. The van der Waals surface area contributed by atoms with Crippen molar-refractivity contribution in [2.45, 2.75) is 38.5 Å². The van der Waals surface area contributed by atoms with Crippen LogP contribution in [0.25, 0.3) is 11.0 Å². The minimum Gasteiger partial charge on any atom is -0.355 e. The molecule has 24 heavy (non-hydrogen) atoms. The van der Waals surface area contributed by atoms with Crippen LogP contribution in [0.2, 0.25) is 10.6 Å². The van der Waals surface area contributed by atoms with E-state index in [1.807, 2.05) is 0 Å². The van der Waals surface area contributed by atoms with E-state index in [1.165, 1.54) is 12.8 Å². The zero-order valence-electron chi connectivity index (χ0n) is 13.5. The molecule has 4 rings (SSSR count). The van der Waals surface area contributed by atoms with E-state index in [-0.39, 0.29) is 10.6 Å². The highest BCUT2D eigenvalue weighted by Crippen LogP contribution is 2.33. The first-order chi connectivity index (χ1) is 11.7. The maximum Gasteiger partial charge on any atom is 0.225 e. The fourth-order valence-electron chi connectivity index (χ4n) is 3.59. The number of nitrogens with zero attached hydrogens (tertiary/aromatic N) is 6. The molecule has 0 bridgehead atoms. The molecule has 2 aromatic rings. The van der Waals surface area contributed by atoms with Gasteiger partial charge in [0.1, 0.15) is 11.0 Å². The molecule has 0 unspecified atom stereocenters. The summed E-state index contributed by atoms with van der Waals surface area (Å²) in [6, 6.07) is 0. The third-order valence-electron chi connectivity index (χ3n) is 4.76. The van der Waals surface area contributed by atoms with Crippen molar-refractivity contribution in [3.8, 4) is 0 Å². The first-order valence-electron chi connectivity index (χ1n) is 8.63. The van der Waals surface area contributed by atoms with Crippen molar-refractivity contribution in [2.24, 2.45) is 0 Å². The van der Waals surface area contributed by atoms with Crippen molar-refractivity contribution in [3.63, 3.8) is 0 Å². The number of hydrogen-bond donors (Lipinski definition) is 0. The first kappa shape index (κ1) is 16.1. The van der Waals surface area contributed by atoms with E-state index in [9.17, 15) is 0 Å². The van der Waals surface area contributed by atoms with Crippen molar-refractivity contribution in [3.05, 3.63) is 10.6 Å². The maximum atomic E-state index is 6.24. The van der Waals surface area contributed by atoms with Crippen LogP contribution in [0.4, 0.5) is 11.6 Å². The monoisotopic (exact) mass is 366 g/mol. The van der Waals surface area contributed by atoms with Crippen LogP contribution >= 0.6 is 23.2 Å². The Labute approximate surface area is 151 Å². The summed E-state index contributed by atoms with van der Waals surface area (Å²) in [6.45, 7) is 3.85. The highest BCUT2D eigenvalue weighted by Gasteiger charge is 2.23. The Balaban J connectivity index is 1.86. The molecule has 0 N–H and O–H groups in total. The molecule has 0 aromatic carbocycles. The Bertz CT molecular complexity index is 678. The third-order valence-corrected chi connectivity index (χ3v) is 5.10. The van der Waals surface area contributed by atoms with Gasteiger partial charge in [0.05, 0.1) is 0 Å². The predicted molar refractivity (Wildman–Crippen MR) is 97.3 cm³/mol. The molecule has 0 amide bonds. The second-order valence-electron chi connectivity index (χ2n) is 6.43. The summed E-state index contributed by atoms with van der Waals surface area (Å²) in [5.41, 5.74) is 1.42. The van der Waals surface area contributed by atoms with Gasteiger partial charge in [0.2, 0.25) is 10.6 Å². The van der Waals surface area contributed by atoms with E-state index in [2.05, 4.69) is 29.7 Å². The molecule has 2 fully saturated rings. The van der Waals surface area contributed by atoms with E-state index in [1.54, 1.807) is 0 Å². The topological polar surface area (TPSA) is 58.0 Å². The molecule has 0 atom stereocenters. The summed E-state index contributed by atoms with van der Waals surface area (Å²) in [5.74, 6) is 1.57. The Morgan fingerprint density at radius 1 is 0.542 bits per heavy atom. The number of rotatable bonds is 2. The number of halogens is 2. The minimum atomic E-state index is 0.243. The zero-order valence-corrected chi connectivity index (χ0v) is 15.0. The van der Waals surface area contributed by atoms with E-state index in [0.717, 1.165) is 63.5 Å². The molecule has 2 aliphatic heterocycles. The summed E-state index contributed by atoms with van der Waals surface area (Å²) in [6.07, 6.45) is 7.12. The van der Waals surface area contributed by atoms with Crippen LogP contribution in [0.3, 0.4) is 0 Å². The second-order valence-corrected chi connectivity index (χ2v) is 7.10. The lowest BCUT2D eigenvalue weighted by molar-refractivity contribution is 0.572. The molecule has 2 saturated heterocycles. The molecule has 8 heteroatoms. The van der Waals surface area contributed by atoms with Crippen LogP contribution < -0.4 is 9.80 Å². The van der Waals surface area contributed by atoms with Crippen molar-refractivity contribution >= 4 is 45.9 Å². The van der Waals surface area contributed by atoms with Crippen molar-refractivity contribution in [1.29, 1.82) is 0 Å². The van der Waals surface area contributed by atoms with E-state index in [0.29, 0.717) is 11.0 Å². The summed E-state index contributed by atoms with van der Waals surface area (Å²) >= 11 is 12.5. The van der Waals surface area contributed by atoms with Gasteiger partial charge < -0.3 is 9.80 Å². The Hall–Kier alpha value is -1.40. The van der Waals surface area contributed by atoms with Gasteiger partial charge in [0.15, 0.2) is 11.6 Å². The predicted octanol–water partition coefficient (Wildman–Crippen LogP) is 3.71. The van der Waals surface area contributed by atoms with E-state index >= 15 is 0 Å². The average Bonchev–Trinajstić information content (AvgIpc) is 2.62. The van der Waals surface area contributed by atoms with Gasteiger partial charge in [0.25, 0.3) is 0 Å². The van der Waals surface area contributed by atoms with Gasteiger partial charge in [-0.05, 0) is 61.7 Å². The van der Waals surface area contributed by atoms with Gasteiger partial charge in [-0.1, -0.05) is 0 Å². The van der Waals surface area contributed by atoms with E-state index in [4.69, 9.17) is 23.2 Å². The van der Waals surface area contributed by atoms with Gasteiger partial charge >= 0.3 is 0 Å². The van der Waals surface area contributed by atoms with Gasteiger partial charge in [-0.25, -0.2) is 9.97 Å². The summed E-state index contributed by atoms with van der Waals surface area (Å²) in [5, 5.41) is 0.486. The van der Waals surface area contributed by atoms with Crippen LogP contribution in [-0.2, 0) is 0 Å². The molecule has 128 valence electrons. The molecular formula is C16H20Cl2N6. The Morgan fingerprint density at radius 3 is 1.29 bits per heavy atom. The smallest absolute Gasteiger partial charge is 0.225 e. The molecular weight excluding hydrogens is 347 g/mol. The highest BCUT2D eigenvalue weighted by molar-refractivity contribution is 6.30. The molecule has 6 nitrogen and oxygen atoms in total. The minimum absolute atomic E-state index is 0.243. The third kappa shape index (κ3) is 3.09. The SMILES string of the molecule is Clc1nc(N2CCCCC2)c2nc(Cl)nc(N3CCCCC3)c2n1. The first-order valence-corrected chi connectivity index (χ1v) is 9.38. The zero-order chi connectivity index (χ0) is 16.5. The van der Waals surface area contributed by atoms with Crippen LogP contribution in [-0.4, -0.2) is 46.1 Å². The molecule has 4 heterocycles. The number of piperidine rings is 2. The maximum absolute atomic E-state index is 6.24. The second kappa shape index (κ2) is 6.84. The van der Waals surface area contributed by atoms with Crippen LogP contribution in [0.1, 0.15) is 38.5 Å². The number of aromatic nitrogens is 4. The standard InChI is InChI=1S/C16H20Cl2N6/c17-15-20-12-11(13(21-15)23-7-3-1-4-8-23)19-16(18)22-14(12)24-9-5-2-6-10-24/h1-10H2. The van der Waals surface area contributed by atoms with Crippen molar-refractivity contribution < 1.29 is 0 Å². The molecule has 2 aromatic heterocycles. The lowest BCUT2D eigenvalue weighted by Crippen LogP contribution is -2.32. The summed E-state index contributed by atoms with van der Waals surface area (Å²) in [7, 11) is 0. The van der Waals surface area contributed by atoms with Crippen LogP contribution in [0.5, 0.6) is 0 Å². The molecule has 2 aliphatic rings. The van der Waals surface area contributed by atoms with Crippen molar-refractivity contribution in [2.75, 3.05) is 36.0 Å². The van der Waals surface area contributed by atoms with Gasteiger partial charge in [-0.3, -0.25) is 0 Å². The fourth-order valence-corrected chi connectivity index (χ4v) is 3.91. The number of anilines is 2. The lowest BCUT2D eigenvalue weighted by atomic mass is 10.1. The molecule has 0 aliphatic carbocycles. The molecule has 0 spiro atoms. The number of fused-ring (bicyclic) bond motifs is 1. The number of hydrogen-bond acceptors (Lipinski definition) is 6. The Kier molecular flexibility index (Phi) is 4.59. The fraction of sp³-hybridized carbons (Fsp3) is 0.625. The average molecular weight is 367 g/mol. The van der Waals surface area contributed by atoms with Crippen LogP contribution in [0, 0.1) is 0 Å². The van der Waals surface area contributed by atoms with Crippen molar-refractivity contribution in [1.82, 2.24) is 19.9 Å². The molecule has 0 saturated carbocycles. The Morgan fingerprint density at radius 2 is 0.917 bits per heavy atom. The van der Waals surface area contributed by atoms with Crippen LogP contribution in [0.15, 0.2) is 0 Å². The highest BCUT2D eigenvalue weighted by atomic mass is 35.5. The summed E-state index contributed by atoms with van der Waals surface area (Å²) < 4.78 is 0. The van der Waals surface area contributed by atoms with E-state index < -0.39 is 0 Å². The largest absolute Gasteiger partial charge is 0.355 e. The lowest BCUT2D eigenvalue weighted by Gasteiger charge is -2.30. The van der Waals surface area contributed by atoms with Gasteiger partial charge in [-0.15, -0.1) is 0 Å². The quantitative estimate of drug-likeness (QED) is 0.755. The normalized spacial score (nSPS) is 19.1. The van der Waals surface area contributed by atoms with Gasteiger partial charge in [0, 0.05) is 26.2 Å². The van der Waals surface area contributed by atoms with Gasteiger partial charge in [-0.2, -0.15) is 9.97 Å². The summed E-state index contributed by atoms with van der Waals surface area (Å²) in [4.78, 5) is 22.3.